The fourth-order valence-electron chi connectivity index (χ4n) is 2.68. The number of amides is 3. The number of aromatic nitrogens is 2. The molecule has 13 heteroatoms. The van der Waals surface area contributed by atoms with E-state index in [1.807, 2.05) is 18.2 Å². The number of hydrazine groups is 1. The zero-order valence-electron chi connectivity index (χ0n) is 15.9. The first kappa shape index (κ1) is 20.9. The first-order chi connectivity index (χ1) is 14.8. The lowest BCUT2D eigenvalue weighted by Gasteiger charge is -2.10. The molecule has 0 spiro atoms. The molecule has 13 nitrogen and oxygen atoms in total. The Kier molecular flexibility index (Phi) is 5.86. The summed E-state index contributed by atoms with van der Waals surface area (Å²) in [6.07, 6.45) is 1.31. The predicted molar refractivity (Wildman–Crippen MR) is 108 cm³/mol. The molecule has 0 saturated heterocycles. The molecular formula is C18H15N7O6. The van der Waals surface area contributed by atoms with Gasteiger partial charge in [0.2, 0.25) is 0 Å². The third-order valence-electron chi connectivity index (χ3n) is 4.18. The van der Waals surface area contributed by atoms with Crippen molar-refractivity contribution in [3.8, 4) is 5.69 Å². The number of rotatable bonds is 6. The lowest BCUT2D eigenvalue weighted by atomic mass is 10.2. The standard InChI is InChI=1S/C18H15N7O6/c1-11-14(10-19-23(11)12-5-3-2-4-6-12)17(26)20-18(27)22-21-15-8-7-13(24(28)29)9-16(15)25(30)31/h2-10,21H,1H3,(H2,20,22,26,27). The van der Waals surface area contributed by atoms with Crippen molar-refractivity contribution in [2.45, 2.75) is 6.92 Å². The van der Waals surface area contributed by atoms with Crippen molar-refractivity contribution in [2.24, 2.45) is 0 Å². The molecule has 0 radical (unpaired) electrons. The minimum absolute atomic E-state index is 0.153. The Morgan fingerprint density at radius 3 is 2.39 bits per heavy atom. The van der Waals surface area contributed by atoms with Gasteiger partial charge in [0, 0.05) is 6.07 Å². The van der Waals surface area contributed by atoms with Gasteiger partial charge in [-0.05, 0) is 25.1 Å². The maximum atomic E-state index is 12.4. The van der Waals surface area contributed by atoms with Crippen LogP contribution in [0.3, 0.4) is 0 Å². The number of carbonyl (C=O) groups is 2. The van der Waals surface area contributed by atoms with E-state index in [2.05, 4.69) is 21.3 Å². The number of nitro benzene ring substituents is 2. The van der Waals surface area contributed by atoms with Gasteiger partial charge >= 0.3 is 11.7 Å². The Balaban J connectivity index is 1.67. The quantitative estimate of drug-likeness (QED) is 0.399. The number of non-ortho nitro benzene ring substituents is 1. The third kappa shape index (κ3) is 4.61. The van der Waals surface area contributed by atoms with Crippen LogP contribution in [0.25, 0.3) is 5.69 Å². The lowest BCUT2D eigenvalue weighted by Crippen LogP contribution is -2.42. The van der Waals surface area contributed by atoms with Crippen molar-refractivity contribution >= 4 is 29.0 Å². The molecule has 1 aromatic heterocycles. The highest BCUT2D eigenvalue weighted by Crippen LogP contribution is 2.28. The van der Waals surface area contributed by atoms with Crippen molar-refractivity contribution in [2.75, 3.05) is 5.43 Å². The molecule has 0 saturated carbocycles. The average Bonchev–Trinajstić information content (AvgIpc) is 3.14. The molecule has 31 heavy (non-hydrogen) atoms. The van der Waals surface area contributed by atoms with Gasteiger partial charge in [-0.1, -0.05) is 18.2 Å². The minimum atomic E-state index is -0.996. The molecule has 0 aliphatic heterocycles. The Labute approximate surface area is 173 Å². The fourth-order valence-corrected chi connectivity index (χ4v) is 2.68. The number of carbonyl (C=O) groups excluding carboxylic acids is 2. The first-order valence-electron chi connectivity index (χ1n) is 8.68. The monoisotopic (exact) mass is 425 g/mol. The van der Waals surface area contributed by atoms with Crippen LogP contribution in [-0.4, -0.2) is 31.6 Å². The highest BCUT2D eigenvalue weighted by atomic mass is 16.6. The van der Waals surface area contributed by atoms with Crippen LogP contribution in [-0.2, 0) is 0 Å². The van der Waals surface area contributed by atoms with Crippen LogP contribution >= 0.6 is 0 Å². The van der Waals surface area contributed by atoms with Gasteiger partial charge in [0.1, 0.15) is 5.69 Å². The van der Waals surface area contributed by atoms with Gasteiger partial charge in [0.15, 0.2) is 0 Å². The van der Waals surface area contributed by atoms with Gasteiger partial charge in [-0.2, -0.15) is 5.10 Å². The normalized spacial score (nSPS) is 10.2. The molecular weight excluding hydrogens is 410 g/mol. The second kappa shape index (κ2) is 8.69. The van der Waals surface area contributed by atoms with Crippen molar-refractivity contribution in [1.29, 1.82) is 0 Å². The lowest BCUT2D eigenvalue weighted by molar-refractivity contribution is -0.393. The Bertz CT molecular complexity index is 1180. The first-order valence-corrected chi connectivity index (χ1v) is 8.68. The maximum Gasteiger partial charge on any atom is 0.340 e. The molecule has 2 aromatic carbocycles. The molecule has 0 bridgehead atoms. The predicted octanol–water partition coefficient (Wildman–Crippen LogP) is 2.46. The summed E-state index contributed by atoms with van der Waals surface area (Å²) in [5.41, 5.74) is 4.41. The average molecular weight is 425 g/mol. The number of para-hydroxylation sites is 1. The third-order valence-corrected chi connectivity index (χ3v) is 4.18. The fraction of sp³-hybridized carbons (Fsp3) is 0.0556. The number of hydrogen-bond donors (Lipinski definition) is 3. The van der Waals surface area contributed by atoms with Gasteiger partial charge in [0.25, 0.3) is 11.6 Å². The van der Waals surface area contributed by atoms with Crippen molar-refractivity contribution in [3.63, 3.8) is 0 Å². The summed E-state index contributed by atoms with van der Waals surface area (Å²) < 4.78 is 1.53. The van der Waals surface area contributed by atoms with Crippen LogP contribution in [0, 0.1) is 27.2 Å². The molecule has 3 N–H and O–H groups in total. The Hall–Kier alpha value is -4.81. The molecule has 158 valence electrons. The zero-order chi connectivity index (χ0) is 22.5. The molecule has 0 fully saturated rings. The summed E-state index contributed by atoms with van der Waals surface area (Å²) in [4.78, 5) is 44.7. The van der Waals surface area contributed by atoms with Crippen LogP contribution in [0.4, 0.5) is 21.9 Å². The van der Waals surface area contributed by atoms with E-state index >= 15 is 0 Å². The van der Waals surface area contributed by atoms with E-state index in [-0.39, 0.29) is 11.3 Å². The van der Waals surface area contributed by atoms with Crippen LogP contribution in [0.2, 0.25) is 0 Å². The summed E-state index contributed by atoms with van der Waals surface area (Å²) >= 11 is 0. The van der Waals surface area contributed by atoms with Crippen molar-refractivity contribution in [1.82, 2.24) is 20.5 Å². The molecule has 0 unspecified atom stereocenters. The second-order valence-corrected chi connectivity index (χ2v) is 6.14. The van der Waals surface area contributed by atoms with E-state index in [0.29, 0.717) is 5.69 Å². The molecule has 0 aliphatic rings. The van der Waals surface area contributed by atoms with Gasteiger partial charge in [0.05, 0.1) is 39.1 Å². The number of imide groups is 1. The maximum absolute atomic E-state index is 12.4. The number of hydrogen-bond acceptors (Lipinski definition) is 8. The molecule has 1 heterocycles. The summed E-state index contributed by atoms with van der Waals surface area (Å²) in [5, 5.41) is 28.1. The summed E-state index contributed by atoms with van der Waals surface area (Å²) in [6, 6.07) is 10.9. The van der Waals surface area contributed by atoms with Crippen LogP contribution in [0.15, 0.2) is 54.7 Å². The van der Waals surface area contributed by atoms with Gasteiger partial charge < -0.3 is 0 Å². The van der Waals surface area contributed by atoms with Gasteiger partial charge in [-0.3, -0.25) is 41.2 Å². The number of benzene rings is 2. The summed E-state index contributed by atoms with van der Waals surface area (Å²) in [6.45, 7) is 1.66. The van der Waals surface area contributed by atoms with Gasteiger partial charge in [-0.15, -0.1) is 0 Å². The smallest absolute Gasteiger partial charge is 0.291 e. The van der Waals surface area contributed by atoms with E-state index in [1.54, 1.807) is 19.1 Å². The number of anilines is 1. The Morgan fingerprint density at radius 2 is 1.74 bits per heavy atom. The second-order valence-electron chi connectivity index (χ2n) is 6.14. The topological polar surface area (TPSA) is 174 Å². The van der Waals surface area contributed by atoms with E-state index < -0.39 is 33.2 Å². The van der Waals surface area contributed by atoms with E-state index in [4.69, 9.17) is 0 Å². The highest BCUT2D eigenvalue weighted by molar-refractivity contribution is 6.05. The number of urea groups is 1. The van der Waals surface area contributed by atoms with E-state index in [1.165, 1.54) is 10.9 Å². The number of nitro groups is 2. The largest absolute Gasteiger partial charge is 0.340 e. The van der Waals surface area contributed by atoms with Crippen LogP contribution in [0.5, 0.6) is 0 Å². The van der Waals surface area contributed by atoms with Crippen LogP contribution in [0.1, 0.15) is 16.1 Å². The summed E-state index contributed by atoms with van der Waals surface area (Å²) in [7, 11) is 0. The number of nitrogens with zero attached hydrogens (tertiary/aromatic N) is 4. The van der Waals surface area contributed by atoms with Crippen molar-refractivity contribution < 1.29 is 19.4 Å². The van der Waals surface area contributed by atoms with Gasteiger partial charge in [-0.25, -0.2) is 9.48 Å². The molecule has 0 atom stereocenters. The highest BCUT2D eigenvalue weighted by Gasteiger charge is 2.21. The molecule has 3 rings (SSSR count). The van der Waals surface area contributed by atoms with Crippen LogP contribution < -0.4 is 16.2 Å². The van der Waals surface area contributed by atoms with E-state index in [9.17, 15) is 29.8 Å². The Morgan fingerprint density at radius 1 is 1.03 bits per heavy atom. The molecule has 3 amide bonds. The summed E-state index contributed by atoms with van der Waals surface area (Å²) in [5.74, 6) is -0.739. The molecule has 0 aliphatic carbocycles. The molecule has 3 aromatic rings. The zero-order valence-corrected chi connectivity index (χ0v) is 15.9. The van der Waals surface area contributed by atoms with E-state index in [0.717, 1.165) is 23.9 Å². The van der Waals surface area contributed by atoms with Crippen molar-refractivity contribution in [3.05, 3.63) is 86.2 Å². The minimum Gasteiger partial charge on any atom is -0.291 e. The number of nitrogens with one attached hydrogen (secondary N) is 3. The SMILES string of the molecule is Cc1c(C(=O)NC(=O)NNc2ccc([N+](=O)[O-])cc2[N+](=O)[O-])cnn1-c1ccccc1.